The van der Waals surface area contributed by atoms with Gasteiger partial charge in [-0.2, -0.15) is 5.10 Å². The van der Waals surface area contributed by atoms with Gasteiger partial charge in [0.15, 0.2) is 0 Å². The number of amides is 2. The maximum absolute atomic E-state index is 12.9. The zero-order chi connectivity index (χ0) is 19.2. The Morgan fingerprint density at radius 3 is 2.44 bits per heavy atom. The van der Waals surface area contributed by atoms with Crippen molar-refractivity contribution in [2.45, 2.75) is 6.92 Å². The van der Waals surface area contributed by atoms with E-state index in [-0.39, 0.29) is 5.91 Å². The normalized spacial score (nSPS) is 11.1. The Kier molecular flexibility index (Phi) is 5.73. The number of nitrogens with zero attached hydrogens (tertiary/aromatic N) is 1. The van der Waals surface area contributed by atoms with E-state index >= 15 is 0 Å². The number of hydrogen-bond donors (Lipinski definition) is 2. The fourth-order valence-corrected chi connectivity index (χ4v) is 2.91. The van der Waals surface area contributed by atoms with Crippen molar-refractivity contribution in [3.05, 3.63) is 87.9 Å². The van der Waals surface area contributed by atoms with Gasteiger partial charge in [-0.1, -0.05) is 18.2 Å². The number of carbonyl (C=O) groups excluding carboxylic acids is 2. The zero-order valence-corrected chi connectivity index (χ0v) is 15.2. The molecule has 5 nitrogen and oxygen atoms in total. The quantitative estimate of drug-likeness (QED) is 0.511. The molecule has 0 unspecified atom stereocenters. The van der Waals surface area contributed by atoms with Crippen molar-refractivity contribution in [1.82, 2.24) is 5.43 Å². The summed E-state index contributed by atoms with van der Waals surface area (Å²) in [5.74, 6) is -1.02. The first-order chi connectivity index (χ1) is 13.0. The number of rotatable bonds is 5. The third kappa shape index (κ3) is 4.86. The molecule has 7 heteroatoms. The van der Waals surface area contributed by atoms with E-state index in [4.69, 9.17) is 0 Å². The number of hydrazone groups is 1. The molecule has 0 spiro atoms. The summed E-state index contributed by atoms with van der Waals surface area (Å²) in [6.45, 7) is 1.74. The molecule has 0 aliphatic carbocycles. The average Bonchev–Trinajstić information content (AvgIpc) is 3.21. The molecule has 2 aromatic carbocycles. The molecule has 136 valence electrons. The Bertz CT molecular complexity index is 983. The molecule has 0 aliphatic heterocycles. The highest BCUT2D eigenvalue weighted by Crippen LogP contribution is 2.15. The number of hydrogen-bond acceptors (Lipinski definition) is 4. The summed E-state index contributed by atoms with van der Waals surface area (Å²) in [5, 5.41) is 8.74. The third-order valence-corrected chi connectivity index (χ3v) is 4.58. The fraction of sp³-hybridized carbons (Fsp3) is 0.0500. The van der Waals surface area contributed by atoms with E-state index in [1.807, 2.05) is 17.5 Å². The molecule has 2 N–H and O–H groups in total. The zero-order valence-electron chi connectivity index (χ0n) is 14.4. The van der Waals surface area contributed by atoms with Gasteiger partial charge in [-0.05, 0) is 60.3 Å². The van der Waals surface area contributed by atoms with Gasteiger partial charge in [-0.15, -0.1) is 11.3 Å². The predicted octanol–water partition coefficient (Wildman–Crippen LogP) is 4.29. The summed E-state index contributed by atoms with van der Waals surface area (Å²) in [6, 6.07) is 15.9. The molecule has 0 aliphatic rings. The van der Waals surface area contributed by atoms with Crippen LogP contribution in [0, 0.1) is 5.82 Å². The molecule has 0 bridgehead atoms. The highest BCUT2D eigenvalue weighted by Gasteiger charge is 2.08. The van der Waals surface area contributed by atoms with Crippen LogP contribution in [-0.2, 0) is 0 Å². The van der Waals surface area contributed by atoms with Crippen LogP contribution in [0.1, 0.15) is 32.5 Å². The van der Waals surface area contributed by atoms with Gasteiger partial charge < -0.3 is 5.32 Å². The summed E-state index contributed by atoms with van der Waals surface area (Å²) in [7, 11) is 0. The van der Waals surface area contributed by atoms with Crippen LogP contribution < -0.4 is 10.7 Å². The molecule has 1 aromatic heterocycles. The highest BCUT2D eigenvalue weighted by molar-refractivity contribution is 7.12. The van der Waals surface area contributed by atoms with Crippen LogP contribution >= 0.6 is 11.3 Å². The van der Waals surface area contributed by atoms with E-state index in [2.05, 4.69) is 15.8 Å². The number of nitrogens with one attached hydrogen (secondary N) is 2. The number of anilines is 1. The van der Waals surface area contributed by atoms with E-state index in [1.165, 1.54) is 35.6 Å². The van der Waals surface area contributed by atoms with E-state index in [9.17, 15) is 14.0 Å². The number of carbonyl (C=O) groups is 2. The minimum Gasteiger partial charge on any atom is -0.321 e. The lowest BCUT2D eigenvalue weighted by atomic mass is 10.1. The van der Waals surface area contributed by atoms with Crippen molar-refractivity contribution < 1.29 is 14.0 Å². The molecular formula is C20H16FN3O2S. The van der Waals surface area contributed by atoms with Crippen molar-refractivity contribution in [2.24, 2.45) is 5.10 Å². The summed E-state index contributed by atoms with van der Waals surface area (Å²) >= 11 is 1.36. The number of benzene rings is 2. The minimum absolute atomic E-state index is 0.179. The van der Waals surface area contributed by atoms with E-state index in [1.54, 1.807) is 31.2 Å². The van der Waals surface area contributed by atoms with Crippen molar-refractivity contribution in [3.8, 4) is 0 Å². The molecule has 0 saturated heterocycles. The Morgan fingerprint density at radius 1 is 0.963 bits per heavy atom. The van der Waals surface area contributed by atoms with Crippen LogP contribution in [0.2, 0.25) is 0 Å². The summed E-state index contributed by atoms with van der Waals surface area (Å²) < 4.78 is 12.9. The number of halogens is 1. The maximum Gasteiger partial charge on any atom is 0.271 e. The van der Waals surface area contributed by atoms with Crippen molar-refractivity contribution in [2.75, 3.05) is 5.32 Å². The van der Waals surface area contributed by atoms with Gasteiger partial charge in [0.05, 0.1) is 10.6 Å². The topological polar surface area (TPSA) is 70.6 Å². The lowest BCUT2D eigenvalue weighted by molar-refractivity contribution is 0.0954. The monoisotopic (exact) mass is 381 g/mol. The molecule has 0 fully saturated rings. The third-order valence-electron chi connectivity index (χ3n) is 3.71. The Balaban J connectivity index is 1.68. The van der Waals surface area contributed by atoms with Gasteiger partial charge in [-0.3, -0.25) is 9.59 Å². The van der Waals surface area contributed by atoms with E-state index in [0.29, 0.717) is 21.8 Å². The highest BCUT2D eigenvalue weighted by atomic mass is 32.1. The molecule has 3 aromatic rings. The van der Waals surface area contributed by atoms with Crippen LogP contribution in [0.15, 0.2) is 71.1 Å². The SMILES string of the molecule is C/C(=N\NC(=O)c1ccc(F)cc1)c1cccc(NC(=O)c2cccs2)c1. The van der Waals surface area contributed by atoms with Crippen molar-refractivity contribution >= 4 is 34.6 Å². The first-order valence-corrected chi connectivity index (χ1v) is 8.96. The van der Waals surface area contributed by atoms with Gasteiger partial charge in [-0.25, -0.2) is 9.82 Å². The smallest absolute Gasteiger partial charge is 0.271 e. The van der Waals surface area contributed by atoms with Crippen molar-refractivity contribution in [1.29, 1.82) is 0 Å². The Hall–Kier alpha value is -3.32. The summed E-state index contributed by atoms with van der Waals surface area (Å²) in [4.78, 5) is 24.8. The number of thiophene rings is 1. The van der Waals surface area contributed by atoms with Crippen LogP contribution in [0.4, 0.5) is 10.1 Å². The van der Waals surface area contributed by atoms with Crippen LogP contribution in [-0.4, -0.2) is 17.5 Å². The second kappa shape index (κ2) is 8.37. The van der Waals surface area contributed by atoms with Gasteiger partial charge in [0.25, 0.3) is 11.8 Å². The molecule has 2 amide bonds. The largest absolute Gasteiger partial charge is 0.321 e. The molecule has 1 heterocycles. The second-order valence-electron chi connectivity index (χ2n) is 5.66. The summed E-state index contributed by atoms with van der Waals surface area (Å²) in [5.41, 5.74) is 4.70. The first kappa shape index (κ1) is 18.5. The summed E-state index contributed by atoms with van der Waals surface area (Å²) in [6.07, 6.45) is 0. The minimum atomic E-state index is -0.434. The van der Waals surface area contributed by atoms with Crippen molar-refractivity contribution in [3.63, 3.8) is 0 Å². The van der Waals surface area contributed by atoms with Gasteiger partial charge in [0.2, 0.25) is 0 Å². The van der Waals surface area contributed by atoms with Gasteiger partial charge in [0.1, 0.15) is 5.82 Å². The molecular weight excluding hydrogens is 365 g/mol. The van der Waals surface area contributed by atoms with Crippen LogP contribution in [0.25, 0.3) is 0 Å². The lowest BCUT2D eigenvalue weighted by Gasteiger charge is -2.07. The lowest BCUT2D eigenvalue weighted by Crippen LogP contribution is -2.19. The van der Waals surface area contributed by atoms with Gasteiger partial charge >= 0.3 is 0 Å². The predicted molar refractivity (Wildman–Crippen MR) is 105 cm³/mol. The fourth-order valence-electron chi connectivity index (χ4n) is 2.29. The van der Waals surface area contributed by atoms with Crippen LogP contribution in [0.3, 0.4) is 0 Å². The average molecular weight is 381 g/mol. The molecule has 0 radical (unpaired) electrons. The second-order valence-corrected chi connectivity index (χ2v) is 6.60. The Labute approximate surface area is 159 Å². The van der Waals surface area contributed by atoms with E-state index in [0.717, 1.165) is 5.56 Å². The molecule has 27 heavy (non-hydrogen) atoms. The maximum atomic E-state index is 12.9. The van der Waals surface area contributed by atoms with Crippen LogP contribution in [0.5, 0.6) is 0 Å². The molecule has 3 rings (SSSR count). The Morgan fingerprint density at radius 2 is 1.74 bits per heavy atom. The van der Waals surface area contributed by atoms with E-state index < -0.39 is 11.7 Å². The standard InChI is InChI=1S/C20H16FN3O2S/c1-13(23-24-19(25)14-7-9-16(21)10-8-14)15-4-2-5-17(12-15)22-20(26)18-6-3-11-27-18/h2-12H,1H3,(H,22,26)(H,24,25)/b23-13+. The molecule has 0 saturated carbocycles. The molecule has 0 atom stereocenters. The first-order valence-electron chi connectivity index (χ1n) is 8.08. The van der Waals surface area contributed by atoms with Gasteiger partial charge in [0, 0.05) is 11.3 Å².